The minimum absolute atomic E-state index is 0.146. The third-order valence-electron chi connectivity index (χ3n) is 1.76. The summed E-state index contributed by atoms with van der Waals surface area (Å²) in [6, 6.07) is -1.11. The van der Waals surface area contributed by atoms with Gasteiger partial charge in [-0.15, -0.1) is 0 Å². The highest BCUT2D eigenvalue weighted by Crippen LogP contribution is 2.17. The van der Waals surface area contributed by atoms with E-state index in [4.69, 9.17) is 10.8 Å². The van der Waals surface area contributed by atoms with E-state index in [0.717, 1.165) is 0 Å². The number of alkyl halides is 3. The molecule has 16 heavy (non-hydrogen) atoms. The third-order valence-corrected chi connectivity index (χ3v) is 1.76. The molecule has 0 rings (SSSR count). The highest BCUT2D eigenvalue weighted by molar-refractivity contribution is 5.85. The van der Waals surface area contributed by atoms with Crippen molar-refractivity contribution in [3.05, 3.63) is 0 Å². The van der Waals surface area contributed by atoms with E-state index in [2.05, 4.69) is 0 Å². The number of hydrogen-bond acceptors (Lipinski definition) is 3. The average molecular weight is 242 g/mol. The van der Waals surface area contributed by atoms with Gasteiger partial charge in [0.05, 0.1) is 6.04 Å². The van der Waals surface area contributed by atoms with Crippen LogP contribution in [0, 0.1) is 0 Å². The summed E-state index contributed by atoms with van der Waals surface area (Å²) >= 11 is 0. The van der Waals surface area contributed by atoms with Gasteiger partial charge in [0.25, 0.3) is 0 Å². The number of hydrogen-bond donors (Lipinski definition) is 2. The molecule has 0 spiro atoms. The number of carbonyl (C=O) groups excluding carboxylic acids is 1. The second-order valence-electron chi connectivity index (χ2n) is 3.22. The molecule has 0 aromatic rings. The fourth-order valence-electron chi connectivity index (χ4n) is 1.00. The smallest absolute Gasteiger partial charge is 0.406 e. The highest BCUT2D eigenvalue weighted by Gasteiger charge is 2.35. The molecule has 0 saturated carbocycles. The normalized spacial score (nSPS) is 13.3. The SMILES string of the molecule is CC[C@@H](N)C(=O)N(CC(=O)O)CC(F)(F)F. The Bertz CT molecular complexity index is 268. The van der Waals surface area contributed by atoms with Crippen LogP contribution in [0.5, 0.6) is 0 Å². The molecule has 8 heteroatoms. The fraction of sp³-hybridized carbons (Fsp3) is 0.750. The Morgan fingerprint density at radius 3 is 2.25 bits per heavy atom. The number of halogens is 3. The van der Waals surface area contributed by atoms with Gasteiger partial charge in [-0.25, -0.2) is 0 Å². The zero-order valence-electron chi connectivity index (χ0n) is 8.62. The van der Waals surface area contributed by atoms with Crippen LogP contribution in [0.25, 0.3) is 0 Å². The Hall–Kier alpha value is -1.31. The first-order chi connectivity index (χ1) is 7.17. The maximum absolute atomic E-state index is 12.1. The zero-order chi connectivity index (χ0) is 12.9. The number of carbonyl (C=O) groups is 2. The highest BCUT2D eigenvalue weighted by atomic mass is 19.4. The molecule has 0 saturated heterocycles. The zero-order valence-corrected chi connectivity index (χ0v) is 8.62. The lowest BCUT2D eigenvalue weighted by Gasteiger charge is -2.24. The predicted molar refractivity (Wildman–Crippen MR) is 48.5 cm³/mol. The Labute approximate surface area is 90.0 Å². The molecule has 1 atom stereocenters. The van der Waals surface area contributed by atoms with E-state index in [1.807, 2.05) is 0 Å². The predicted octanol–water partition coefficient (Wildman–Crippen LogP) is 0.199. The van der Waals surface area contributed by atoms with Gasteiger partial charge in [-0.3, -0.25) is 9.59 Å². The molecule has 0 aliphatic heterocycles. The summed E-state index contributed by atoms with van der Waals surface area (Å²) in [7, 11) is 0. The lowest BCUT2D eigenvalue weighted by Crippen LogP contribution is -2.49. The second-order valence-corrected chi connectivity index (χ2v) is 3.22. The van der Waals surface area contributed by atoms with E-state index in [9.17, 15) is 22.8 Å². The molecule has 5 nitrogen and oxygen atoms in total. The number of carboxylic acid groups (broad SMARTS) is 1. The molecule has 0 radical (unpaired) electrons. The Balaban J connectivity index is 4.66. The molecule has 0 fully saturated rings. The number of nitrogens with zero attached hydrogens (tertiary/aromatic N) is 1. The van der Waals surface area contributed by atoms with Gasteiger partial charge in [-0.2, -0.15) is 13.2 Å². The molecular formula is C8H13F3N2O3. The van der Waals surface area contributed by atoms with Crippen molar-refractivity contribution in [2.24, 2.45) is 5.73 Å². The summed E-state index contributed by atoms with van der Waals surface area (Å²) < 4.78 is 36.2. The van der Waals surface area contributed by atoms with Crippen molar-refractivity contribution in [3.8, 4) is 0 Å². The van der Waals surface area contributed by atoms with Crippen molar-refractivity contribution in [2.75, 3.05) is 13.1 Å². The third kappa shape index (κ3) is 5.54. The minimum atomic E-state index is -4.64. The molecule has 1 amide bonds. The van der Waals surface area contributed by atoms with Crippen LogP contribution in [0.4, 0.5) is 13.2 Å². The number of rotatable bonds is 5. The summed E-state index contributed by atoms with van der Waals surface area (Å²) in [6.07, 6.45) is -4.49. The van der Waals surface area contributed by atoms with Crippen molar-refractivity contribution in [2.45, 2.75) is 25.6 Å². The van der Waals surface area contributed by atoms with Crippen molar-refractivity contribution >= 4 is 11.9 Å². The number of carboxylic acids is 1. The van der Waals surface area contributed by atoms with Crippen LogP contribution in [-0.4, -0.2) is 47.2 Å². The first kappa shape index (κ1) is 14.7. The summed E-state index contributed by atoms with van der Waals surface area (Å²) in [5.41, 5.74) is 5.26. The lowest BCUT2D eigenvalue weighted by molar-refractivity contribution is -0.166. The van der Waals surface area contributed by atoms with Crippen LogP contribution in [0.15, 0.2) is 0 Å². The van der Waals surface area contributed by atoms with Gasteiger partial charge in [0.1, 0.15) is 13.1 Å². The Morgan fingerprint density at radius 1 is 1.44 bits per heavy atom. The molecule has 94 valence electrons. The topological polar surface area (TPSA) is 83.6 Å². The summed E-state index contributed by atoms with van der Waals surface area (Å²) in [4.78, 5) is 21.8. The van der Waals surface area contributed by atoms with Crippen LogP contribution >= 0.6 is 0 Å². The van der Waals surface area contributed by atoms with E-state index < -0.39 is 37.2 Å². The lowest BCUT2D eigenvalue weighted by atomic mass is 10.2. The Morgan fingerprint density at radius 2 is 1.94 bits per heavy atom. The van der Waals surface area contributed by atoms with Crippen LogP contribution in [0.1, 0.15) is 13.3 Å². The molecular weight excluding hydrogens is 229 g/mol. The van der Waals surface area contributed by atoms with Gasteiger partial charge in [0, 0.05) is 0 Å². The molecule has 3 N–H and O–H groups in total. The van der Waals surface area contributed by atoms with Gasteiger partial charge in [0.2, 0.25) is 5.91 Å². The van der Waals surface area contributed by atoms with E-state index in [1.165, 1.54) is 6.92 Å². The van der Waals surface area contributed by atoms with Crippen LogP contribution in [-0.2, 0) is 9.59 Å². The largest absolute Gasteiger partial charge is 0.480 e. The van der Waals surface area contributed by atoms with E-state index >= 15 is 0 Å². The van der Waals surface area contributed by atoms with Crippen LogP contribution in [0.2, 0.25) is 0 Å². The summed E-state index contributed by atoms with van der Waals surface area (Å²) in [5, 5.41) is 8.38. The maximum Gasteiger partial charge on any atom is 0.406 e. The molecule has 0 unspecified atom stereocenters. The van der Waals surface area contributed by atoms with Crippen molar-refractivity contribution in [1.82, 2.24) is 4.90 Å². The van der Waals surface area contributed by atoms with Crippen LogP contribution < -0.4 is 5.73 Å². The number of amides is 1. The molecule has 0 aromatic carbocycles. The van der Waals surface area contributed by atoms with E-state index in [1.54, 1.807) is 0 Å². The maximum atomic E-state index is 12.1. The molecule has 0 aromatic heterocycles. The molecule has 0 heterocycles. The quantitative estimate of drug-likeness (QED) is 0.721. The summed E-state index contributed by atoms with van der Waals surface area (Å²) in [6.45, 7) is -1.09. The molecule has 0 aliphatic rings. The van der Waals surface area contributed by atoms with Gasteiger partial charge >= 0.3 is 12.1 Å². The first-order valence-electron chi connectivity index (χ1n) is 4.50. The molecule has 0 aliphatic carbocycles. The van der Waals surface area contributed by atoms with Gasteiger partial charge in [-0.1, -0.05) is 6.92 Å². The first-order valence-corrected chi connectivity index (χ1v) is 4.50. The van der Waals surface area contributed by atoms with E-state index in [0.29, 0.717) is 0 Å². The second kappa shape index (κ2) is 5.69. The minimum Gasteiger partial charge on any atom is -0.480 e. The van der Waals surface area contributed by atoms with Crippen LogP contribution in [0.3, 0.4) is 0 Å². The van der Waals surface area contributed by atoms with Crippen molar-refractivity contribution in [1.29, 1.82) is 0 Å². The van der Waals surface area contributed by atoms with Gasteiger partial charge in [0.15, 0.2) is 0 Å². The standard InChI is InChI=1S/C8H13F3N2O3/c1-2-5(12)7(16)13(3-6(14)15)4-8(9,10)11/h5H,2-4,12H2,1H3,(H,14,15)/t5-/m1/s1. The average Bonchev–Trinajstić information content (AvgIpc) is 2.11. The fourth-order valence-corrected chi connectivity index (χ4v) is 1.00. The summed E-state index contributed by atoms with van der Waals surface area (Å²) in [5.74, 6) is -2.52. The van der Waals surface area contributed by atoms with Crippen molar-refractivity contribution < 1.29 is 27.9 Å². The number of nitrogens with two attached hydrogens (primary N) is 1. The van der Waals surface area contributed by atoms with Gasteiger partial charge in [-0.05, 0) is 6.42 Å². The number of aliphatic carboxylic acids is 1. The Kier molecular flexibility index (Phi) is 5.22. The van der Waals surface area contributed by atoms with Crippen molar-refractivity contribution in [3.63, 3.8) is 0 Å². The van der Waals surface area contributed by atoms with Gasteiger partial charge < -0.3 is 15.7 Å². The van der Waals surface area contributed by atoms with E-state index in [-0.39, 0.29) is 11.3 Å². The monoisotopic (exact) mass is 242 g/mol. The molecule has 0 bridgehead atoms.